The molecule has 0 spiro atoms. The second-order valence-corrected chi connectivity index (χ2v) is 5.28. The molecule has 2 aliphatic carbocycles. The lowest BCUT2D eigenvalue weighted by atomic mass is 10.0. The molecule has 2 fully saturated rings. The van der Waals surface area contributed by atoms with Gasteiger partial charge in [0.2, 0.25) is 5.91 Å². The van der Waals surface area contributed by atoms with Crippen molar-refractivity contribution in [1.82, 2.24) is 5.32 Å². The quantitative estimate of drug-likeness (QED) is 0.808. The van der Waals surface area contributed by atoms with Crippen molar-refractivity contribution in [1.29, 1.82) is 0 Å². The molecule has 2 unspecified atom stereocenters. The molecule has 1 N–H and O–H groups in total. The molecule has 0 heterocycles. The lowest BCUT2D eigenvalue weighted by Gasteiger charge is -2.11. The van der Waals surface area contributed by atoms with Gasteiger partial charge in [0.25, 0.3) is 0 Å². The number of carbonyl (C=O) groups is 1. The van der Waals surface area contributed by atoms with E-state index in [0.29, 0.717) is 6.54 Å². The van der Waals surface area contributed by atoms with Crippen LogP contribution in [-0.4, -0.2) is 12.5 Å². The van der Waals surface area contributed by atoms with E-state index in [1.165, 1.54) is 6.42 Å². The Labute approximate surface area is 86.9 Å². The Balaban J connectivity index is 1.74. The molecule has 0 aliphatic heterocycles. The Morgan fingerprint density at radius 3 is 2.54 bits per heavy atom. The van der Waals surface area contributed by atoms with Gasteiger partial charge in [0, 0.05) is 16.9 Å². The van der Waals surface area contributed by atoms with Gasteiger partial charge in [0.05, 0.1) is 0 Å². The van der Waals surface area contributed by atoms with Crippen LogP contribution < -0.4 is 5.32 Å². The number of amides is 1. The predicted molar refractivity (Wildman–Crippen MR) is 55.4 cm³/mol. The Kier molecular flexibility index (Phi) is 2.45. The van der Waals surface area contributed by atoms with Gasteiger partial charge in [0.15, 0.2) is 0 Å². The average molecular weight is 244 g/mol. The van der Waals surface area contributed by atoms with E-state index in [2.05, 4.69) is 27.8 Å². The number of hydrogen-bond acceptors (Lipinski definition) is 1. The minimum absolute atomic E-state index is 0.216. The van der Waals surface area contributed by atoms with Gasteiger partial charge >= 0.3 is 0 Å². The highest BCUT2D eigenvalue weighted by Gasteiger charge is 2.47. The Morgan fingerprint density at radius 1 is 1.38 bits per heavy atom. The zero-order valence-electron chi connectivity index (χ0n) is 7.55. The van der Waals surface area contributed by atoms with Crippen molar-refractivity contribution in [3.05, 3.63) is 11.1 Å². The van der Waals surface area contributed by atoms with E-state index < -0.39 is 0 Å². The van der Waals surface area contributed by atoms with Crippen LogP contribution in [0.3, 0.4) is 0 Å². The van der Waals surface area contributed by atoms with E-state index in [1.807, 2.05) is 0 Å². The van der Waals surface area contributed by atoms with Crippen LogP contribution in [-0.2, 0) is 4.79 Å². The van der Waals surface area contributed by atoms with Gasteiger partial charge in [0.1, 0.15) is 0 Å². The first-order valence-corrected chi connectivity index (χ1v) is 5.57. The van der Waals surface area contributed by atoms with Crippen LogP contribution in [0.2, 0.25) is 0 Å². The predicted octanol–water partition coefficient (Wildman–Crippen LogP) is 2.06. The van der Waals surface area contributed by atoms with Crippen LogP contribution in [0.5, 0.6) is 0 Å². The van der Waals surface area contributed by atoms with E-state index in [0.717, 1.165) is 29.2 Å². The summed E-state index contributed by atoms with van der Waals surface area (Å²) in [6.45, 7) is 4.24. The van der Waals surface area contributed by atoms with E-state index >= 15 is 0 Å². The molecule has 2 rings (SSSR count). The summed E-state index contributed by atoms with van der Waals surface area (Å²) in [5.41, 5.74) is 0. The van der Waals surface area contributed by atoms with Gasteiger partial charge in [-0.15, -0.1) is 0 Å². The van der Waals surface area contributed by atoms with Crippen LogP contribution >= 0.6 is 15.9 Å². The molecule has 2 nitrogen and oxygen atoms in total. The maximum Gasteiger partial charge on any atom is 0.223 e. The summed E-state index contributed by atoms with van der Waals surface area (Å²) in [4.78, 5) is 11.5. The normalized spacial score (nSPS) is 35.3. The molecule has 2 atom stereocenters. The van der Waals surface area contributed by atoms with Gasteiger partial charge in [-0.1, -0.05) is 22.5 Å². The summed E-state index contributed by atoms with van der Waals surface area (Å²) in [5.74, 6) is 2.26. The first kappa shape index (κ1) is 9.25. The topological polar surface area (TPSA) is 29.1 Å². The summed E-state index contributed by atoms with van der Waals surface area (Å²) in [7, 11) is 0. The monoisotopic (exact) mass is 243 g/mol. The van der Waals surface area contributed by atoms with Crippen molar-refractivity contribution < 1.29 is 4.79 Å². The summed E-state index contributed by atoms with van der Waals surface area (Å²) in [5, 5.41) is 2.88. The lowest BCUT2D eigenvalue weighted by molar-refractivity contribution is -0.124. The van der Waals surface area contributed by atoms with Gasteiger partial charge in [-0.3, -0.25) is 4.79 Å². The van der Waals surface area contributed by atoms with E-state index in [9.17, 15) is 4.79 Å². The molecule has 0 aromatic rings. The molecule has 72 valence electrons. The molecule has 0 bridgehead atoms. The minimum atomic E-state index is 0.216. The smallest absolute Gasteiger partial charge is 0.223 e. The second-order valence-electron chi connectivity index (χ2n) is 4.16. The highest BCUT2D eigenvalue weighted by molar-refractivity contribution is 9.11. The van der Waals surface area contributed by atoms with Crippen LogP contribution in [0.4, 0.5) is 0 Å². The van der Waals surface area contributed by atoms with E-state index in [-0.39, 0.29) is 11.8 Å². The zero-order valence-corrected chi connectivity index (χ0v) is 9.14. The van der Waals surface area contributed by atoms with Crippen LogP contribution in [0.25, 0.3) is 0 Å². The van der Waals surface area contributed by atoms with Crippen LogP contribution in [0.1, 0.15) is 19.3 Å². The first-order chi connectivity index (χ1) is 6.16. The molecular formula is C10H14BrNO. The highest BCUT2D eigenvalue weighted by atomic mass is 79.9. The number of fused-ring (bicyclic) bond motifs is 1. The van der Waals surface area contributed by atoms with Gasteiger partial charge in [-0.2, -0.15) is 0 Å². The third-order valence-corrected chi connectivity index (χ3v) is 3.35. The van der Waals surface area contributed by atoms with Crippen LogP contribution in [0.15, 0.2) is 11.1 Å². The first-order valence-electron chi connectivity index (χ1n) is 4.78. The van der Waals surface area contributed by atoms with Crippen molar-refractivity contribution in [2.24, 2.45) is 17.8 Å². The maximum absolute atomic E-state index is 11.5. The SMILES string of the molecule is C=C(Br)CNC(=O)C1CC2CC2C1. The highest BCUT2D eigenvalue weighted by Crippen LogP contribution is 2.54. The largest absolute Gasteiger partial charge is 0.351 e. The molecule has 2 aliphatic rings. The van der Waals surface area contributed by atoms with E-state index in [1.54, 1.807) is 0 Å². The number of carbonyl (C=O) groups excluding carboxylic acids is 1. The van der Waals surface area contributed by atoms with Gasteiger partial charge < -0.3 is 5.32 Å². The van der Waals surface area contributed by atoms with Crippen molar-refractivity contribution in [2.75, 3.05) is 6.54 Å². The number of hydrogen-bond donors (Lipinski definition) is 1. The molecule has 3 heteroatoms. The summed E-state index contributed by atoms with van der Waals surface area (Å²) in [6, 6.07) is 0. The summed E-state index contributed by atoms with van der Waals surface area (Å²) in [6.07, 6.45) is 3.60. The Hall–Kier alpha value is -0.310. The molecule has 13 heavy (non-hydrogen) atoms. The molecule has 0 aromatic carbocycles. The van der Waals surface area contributed by atoms with Crippen molar-refractivity contribution in [3.63, 3.8) is 0 Å². The average Bonchev–Trinajstić information content (AvgIpc) is 2.69. The third-order valence-electron chi connectivity index (χ3n) is 3.07. The third kappa shape index (κ3) is 2.13. The molecule has 0 radical (unpaired) electrons. The minimum Gasteiger partial charge on any atom is -0.351 e. The Morgan fingerprint density at radius 2 is 2.00 bits per heavy atom. The second kappa shape index (κ2) is 3.45. The fourth-order valence-electron chi connectivity index (χ4n) is 2.26. The zero-order chi connectivity index (χ0) is 9.42. The Bertz CT molecular complexity index is 241. The fraction of sp³-hybridized carbons (Fsp3) is 0.700. The molecule has 0 saturated heterocycles. The maximum atomic E-state index is 11.5. The molecule has 2 saturated carbocycles. The van der Waals surface area contributed by atoms with Crippen molar-refractivity contribution in [3.8, 4) is 0 Å². The summed E-state index contributed by atoms with van der Waals surface area (Å²) < 4.78 is 0.837. The number of nitrogens with one attached hydrogen (secondary N) is 1. The van der Waals surface area contributed by atoms with Crippen molar-refractivity contribution >= 4 is 21.8 Å². The molecule has 0 aromatic heterocycles. The number of halogens is 1. The standard InChI is InChI=1S/C10H14BrNO/c1-6(11)5-12-10(13)9-3-7-2-8(7)4-9/h7-9H,1-5H2,(H,12,13). The fourth-order valence-corrected chi connectivity index (χ4v) is 2.40. The van der Waals surface area contributed by atoms with E-state index in [4.69, 9.17) is 0 Å². The summed E-state index contributed by atoms with van der Waals surface area (Å²) >= 11 is 3.22. The molecular weight excluding hydrogens is 230 g/mol. The lowest BCUT2D eigenvalue weighted by Crippen LogP contribution is -2.30. The van der Waals surface area contributed by atoms with Gasteiger partial charge in [-0.05, 0) is 31.1 Å². The van der Waals surface area contributed by atoms with Gasteiger partial charge in [-0.25, -0.2) is 0 Å². The number of rotatable bonds is 3. The molecule has 1 amide bonds. The van der Waals surface area contributed by atoms with Crippen LogP contribution in [0, 0.1) is 17.8 Å². The van der Waals surface area contributed by atoms with Crippen molar-refractivity contribution in [2.45, 2.75) is 19.3 Å².